The summed E-state index contributed by atoms with van der Waals surface area (Å²) in [5.41, 5.74) is 6.40. The standard InChI is InChI=1S/C7H13N/c1-7-3-2-5(7)4-6(7)8/h5-6H,2-4,8H2,1H3. The number of fused-ring (bicyclic) bond motifs is 1. The van der Waals surface area contributed by atoms with E-state index in [0.29, 0.717) is 11.5 Å². The smallest absolute Gasteiger partial charge is 0.00984 e. The van der Waals surface area contributed by atoms with E-state index < -0.39 is 0 Å². The fourth-order valence-corrected chi connectivity index (χ4v) is 2.09. The van der Waals surface area contributed by atoms with Crippen molar-refractivity contribution in [2.75, 3.05) is 0 Å². The molecule has 0 aliphatic heterocycles. The molecule has 3 atom stereocenters. The monoisotopic (exact) mass is 111 g/mol. The molecule has 2 aliphatic rings. The normalized spacial score (nSPS) is 60.8. The molecule has 0 aromatic carbocycles. The topological polar surface area (TPSA) is 26.0 Å². The van der Waals surface area contributed by atoms with E-state index >= 15 is 0 Å². The van der Waals surface area contributed by atoms with Gasteiger partial charge < -0.3 is 5.73 Å². The van der Waals surface area contributed by atoms with Crippen LogP contribution in [0.4, 0.5) is 0 Å². The molecule has 0 heterocycles. The van der Waals surface area contributed by atoms with E-state index in [-0.39, 0.29) is 0 Å². The summed E-state index contributed by atoms with van der Waals surface area (Å²) in [6.45, 7) is 2.33. The lowest BCUT2D eigenvalue weighted by atomic mass is 9.46. The van der Waals surface area contributed by atoms with Crippen molar-refractivity contribution in [3.8, 4) is 0 Å². The van der Waals surface area contributed by atoms with Gasteiger partial charge in [-0.05, 0) is 30.6 Å². The van der Waals surface area contributed by atoms with Crippen LogP contribution in [0.1, 0.15) is 26.2 Å². The molecule has 2 rings (SSSR count). The summed E-state index contributed by atoms with van der Waals surface area (Å²) in [5, 5.41) is 0. The van der Waals surface area contributed by atoms with Crippen molar-refractivity contribution < 1.29 is 0 Å². The van der Waals surface area contributed by atoms with Crippen molar-refractivity contribution in [2.45, 2.75) is 32.2 Å². The van der Waals surface area contributed by atoms with Gasteiger partial charge in [0.15, 0.2) is 0 Å². The molecule has 0 saturated heterocycles. The Hall–Kier alpha value is -0.0400. The molecule has 0 aromatic rings. The zero-order valence-corrected chi connectivity index (χ0v) is 5.35. The van der Waals surface area contributed by atoms with Gasteiger partial charge in [-0.15, -0.1) is 0 Å². The highest BCUT2D eigenvalue weighted by Crippen LogP contribution is 2.59. The lowest BCUT2D eigenvalue weighted by Crippen LogP contribution is -2.61. The van der Waals surface area contributed by atoms with Crippen LogP contribution in [0.2, 0.25) is 0 Å². The highest BCUT2D eigenvalue weighted by atomic mass is 14.8. The second kappa shape index (κ2) is 1.10. The van der Waals surface area contributed by atoms with Crippen molar-refractivity contribution in [1.29, 1.82) is 0 Å². The van der Waals surface area contributed by atoms with E-state index in [1.165, 1.54) is 19.3 Å². The van der Waals surface area contributed by atoms with E-state index in [1.807, 2.05) is 0 Å². The fourth-order valence-electron chi connectivity index (χ4n) is 2.09. The van der Waals surface area contributed by atoms with E-state index in [4.69, 9.17) is 5.73 Å². The average Bonchev–Trinajstić information content (AvgIpc) is 1.79. The predicted octanol–water partition coefficient (Wildman–Crippen LogP) is 1.13. The number of rotatable bonds is 0. The molecule has 0 spiro atoms. The van der Waals surface area contributed by atoms with Gasteiger partial charge in [-0.25, -0.2) is 0 Å². The summed E-state index contributed by atoms with van der Waals surface area (Å²) in [6, 6.07) is 0.543. The third-order valence-electron chi connectivity index (χ3n) is 3.35. The molecule has 0 aromatic heterocycles. The van der Waals surface area contributed by atoms with E-state index in [2.05, 4.69) is 6.92 Å². The van der Waals surface area contributed by atoms with Crippen LogP contribution in [0.25, 0.3) is 0 Å². The molecule has 46 valence electrons. The van der Waals surface area contributed by atoms with Gasteiger partial charge in [-0.1, -0.05) is 6.92 Å². The minimum Gasteiger partial charge on any atom is -0.327 e. The average molecular weight is 111 g/mol. The van der Waals surface area contributed by atoms with Gasteiger partial charge in [0.05, 0.1) is 0 Å². The molecular weight excluding hydrogens is 98.1 g/mol. The minimum absolute atomic E-state index is 0.543. The first-order chi connectivity index (χ1) is 3.73. The predicted molar refractivity (Wildman–Crippen MR) is 33.4 cm³/mol. The molecule has 2 aliphatic carbocycles. The fraction of sp³-hybridized carbons (Fsp3) is 1.00. The molecule has 8 heavy (non-hydrogen) atoms. The van der Waals surface area contributed by atoms with Crippen LogP contribution in [-0.4, -0.2) is 6.04 Å². The van der Waals surface area contributed by atoms with Crippen LogP contribution in [-0.2, 0) is 0 Å². The van der Waals surface area contributed by atoms with Crippen LogP contribution >= 0.6 is 0 Å². The Morgan fingerprint density at radius 3 is 2.38 bits per heavy atom. The maximum atomic E-state index is 5.80. The Kier molecular flexibility index (Phi) is 0.663. The third-order valence-corrected chi connectivity index (χ3v) is 3.35. The lowest BCUT2D eigenvalue weighted by molar-refractivity contribution is -0.0805. The van der Waals surface area contributed by atoms with E-state index in [1.54, 1.807) is 0 Å². The van der Waals surface area contributed by atoms with Gasteiger partial charge in [0.2, 0.25) is 0 Å². The second-order valence-corrected chi connectivity index (χ2v) is 3.58. The molecule has 3 unspecified atom stereocenters. The van der Waals surface area contributed by atoms with Crippen LogP contribution in [0.5, 0.6) is 0 Å². The second-order valence-electron chi connectivity index (χ2n) is 3.58. The maximum absolute atomic E-state index is 5.80. The van der Waals surface area contributed by atoms with E-state index in [9.17, 15) is 0 Å². The van der Waals surface area contributed by atoms with Gasteiger partial charge in [0.25, 0.3) is 0 Å². The third kappa shape index (κ3) is 0.304. The van der Waals surface area contributed by atoms with Crippen LogP contribution in [0.15, 0.2) is 0 Å². The van der Waals surface area contributed by atoms with Crippen molar-refractivity contribution in [2.24, 2.45) is 17.1 Å². The first-order valence-electron chi connectivity index (χ1n) is 3.49. The Balaban J connectivity index is 2.12. The van der Waals surface area contributed by atoms with Crippen LogP contribution in [0.3, 0.4) is 0 Å². The Morgan fingerprint density at radius 1 is 1.62 bits per heavy atom. The maximum Gasteiger partial charge on any atom is 0.00984 e. The summed E-state index contributed by atoms with van der Waals surface area (Å²) in [4.78, 5) is 0. The van der Waals surface area contributed by atoms with Crippen molar-refractivity contribution in [3.05, 3.63) is 0 Å². The highest BCUT2D eigenvalue weighted by Gasteiger charge is 2.55. The summed E-state index contributed by atoms with van der Waals surface area (Å²) in [6.07, 6.45) is 4.14. The molecule has 1 heteroatoms. The zero-order chi connectivity index (χ0) is 5.78. The first-order valence-corrected chi connectivity index (χ1v) is 3.49. The number of hydrogen-bond acceptors (Lipinski definition) is 1. The van der Waals surface area contributed by atoms with Crippen LogP contribution in [0, 0.1) is 11.3 Å². The SMILES string of the molecule is CC12CCC1CC2N. The summed E-state index contributed by atoms with van der Waals surface area (Å²) < 4.78 is 0. The van der Waals surface area contributed by atoms with Gasteiger partial charge >= 0.3 is 0 Å². The highest BCUT2D eigenvalue weighted by molar-refractivity contribution is 5.08. The quantitative estimate of drug-likeness (QED) is 0.498. The Labute approximate surface area is 50.3 Å². The first kappa shape index (κ1) is 4.80. The van der Waals surface area contributed by atoms with Gasteiger partial charge in [-0.2, -0.15) is 0 Å². The summed E-state index contributed by atoms with van der Waals surface area (Å²) >= 11 is 0. The zero-order valence-electron chi connectivity index (χ0n) is 5.35. The number of hydrogen-bond donors (Lipinski definition) is 1. The summed E-state index contributed by atoms with van der Waals surface area (Å²) in [5.74, 6) is 1.01. The molecule has 0 bridgehead atoms. The number of nitrogens with two attached hydrogens (primary N) is 1. The summed E-state index contributed by atoms with van der Waals surface area (Å²) in [7, 11) is 0. The molecule has 2 saturated carbocycles. The molecule has 2 fully saturated rings. The largest absolute Gasteiger partial charge is 0.327 e. The van der Waals surface area contributed by atoms with Gasteiger partial charge in [0.1, 0.15) is 0 Å². The van der Waals surface area contributed by atoms with Crippen molar-refractivity contribution in [3.63, 3.8) is 0 Å². The molecule has 0 amide bonds. The molecule has 0 radical (unpaired) electrons. The molecule has 2 N–H and O–H groups in total. The molecule has 1 nitrogen and oxygen atoms in total. The Bertz CT molecular complexity index is 116. The molecular formula is C7H13N. The van der Waals surface area contributed by atoms with Crippen molar-refractivity contribution >= 4 is 0 Å². The Morgan fingerprint density at radius 2 is 2.38 bits per heavy atom. The minimum atomic E-state index is 0.543. The van der Waals surface area contributed by atoms with Gasteiger partial charge in [-0.3, -0.25) is 0 Å². The van der Waals surface area contributed by atoms with Crippen LogP contribution < -0.4 is 5.73 Å². The lowest BCUT2D eigenvalue weighted by Gasteiger charge is -2.61. The van der Waals surface area contributed by atoms with Gasteiger partial charge in [0, 0.05) is 6.04 Å². The van der Waals surface area contributed by atoms with Crippen molar-refractivity contribution in [1.82, 2.24) is 0 Å². The van der Waals surface area contributed by atoms with E-state index in [0.717, 1.165) is 5.92 Å².